The van der Waals surface area contributed by atoms with Crippen molar-refractivity contribution in [3.63, 3.8) is 0 Å². The zero-order valence-corrected chi connectivity index (χ0v) is 14.3. The molecule has 2 aromatic carbocycles. The molecule has 0 amide bonds. The van der Waals surface area contributed by atoms with Crippen LogP contribution in [0.4, 0.5) is 23.1 Å². The number of rotatable bonds is 5. The maximum atomic E-state index is 6.01. The van der Waals surface area contributed by atoms with Gasteiger partial charge < -0.3 is 15.4 Å². The second-order valence-electron chi connectivity index (χ2n) is 4.88. The summed E-state index contributed by atoms with van der Waals surface area (Å²) < 4.78 is 5.21. The van der Waals surface area contributed by atoms with E-state index in [1.165, 1.54) is 0 Å². The topological polar surface area (TPSA) is 59.1 Å². The quantitative estimate of drug-likeness (QED) is 0.648. The van der Waals surface area contributed by atoms with Gasteiger partial charge in [-0.3, -0.25) is 0 Å². The van der Waals surface area contributed by atoms with Crippen LogP contribution in [-0.2, 0) is 0 Å². The number of nitrogens with zero attached hydrogens (tertiary/aromatic N) is 2. The van der Waals surface area contributed by atoms with Gasteiger partial charge in [0.2, 0.25) is 5.95 Å². The van der Waals surface area contributed by atoms with Crippen LogP contribution in [0.5, 0.6) is 5.75 Å². The average molecular weight is 361 g/mol. The molecule has 0 aliphatic rings. The van der Waals surface area contributed by atoms with E-state index in [-0.39, 0.29) is 0 Å². The predicted octanol–water partition coefficient (Wildman–Crippen LogP) is 5.28. The molecule has 1 heterocycles. The third kappa shape index (κ3) is 4.07. The Morgan fingerprint density at radius 2 is 1.75 bits per heavy atom. The first kappa shape index (κ1) is 16.4. The summed E-state index contributed by atoms with van der Waals surface area (Å²) in [5.41, 5.74) is 1.62. The van der Waals surface area contributed by atoms with E-state index in [0.29, 0.717) is 21.8 Å². The molecule has 0 atom stereocenters. The fourth-order valence-corrected chi connectivity index (χ4v) is 2.34. The van der Waals surface area contributed by atoms with Crippen LogP contribution in [0.1, 0.15) is 0 Å². The maximum Gasteiger partial charge on any atom is 0.229 e. The first-order valence-electron chi connectivity index (χ1n) is 7.10. The van der Waals surface area contributed by atoms with Gasteiger partial charge in [0.1, 0.15) is 11.6 Å². The fraction of sp³-hybridized carbons (Fsp3) is 0.0588. The van der Waals surface area contributed by atoms with E-state index >= 15 is 0 Å². The van der Waals surface area contributed by atoms with E-state index < -0.39 is 0 Å². The lowest BCUT2D eigenvalue weighted by atomic mass is 10.3. The predicted molar refractivity (Wildman–Crippen MR) is 98.1 cm³/mol. The van der Waals surface area contributed by atoms with E-state index in [9.17, 15) is 0 Å². The molecule has 2 N–H and O–H groups in total. The Balaban J connectivity index is 1.77. The summed E-state index contributed by atoms with van der Waals surface area (Å²) in [6.45, 7) is 0. The summed E-state index contributed by atoms with van der Waals surface area (Å²) in [5.74, 6) is 1.87. The van der Waals surface area contributed by atoms with Crippen LogP contribution in [0.25, 0.3) is 0 Å². The molecule has 0 saturated heterocycles. The maximum absolute atomic E-state index is 6.01. The number of aromatic nitrogens is 2. The molecule has 0 aliphatic carbocycles. The molecule has 0 unspecified atom stereocenters. The largest absolute Gasteiger partial charge is 0.497 e. The van der Waals surface area contributed by atoms with Crippen LogP contribution >= 0.6 is 23.2 Å². The summed E-state index contributed by atoms with van der Waals surface area (Å²) in [7, 11) is 1.63. The van der Waals surface area contributed by atoms with Crippen molar-refractivity contribution in [2.45, 2.75) is 0 Å². The Morgan fingerprint density at radius 1 is 0.917 bits per heavy atom. The molecule has 5 nitrogen and oxygen atoms in total. The molecule has 3 rings (SSSR count). The molecule has 0 fully saturated rings. The van der Waals surface area contributed by atoms with Crippen molar-refractivity contribution >= 4 is 46.3 Å². The van der Waals surface area contributed by atoms with Gasteiger partial charge in [-0.1, -0.05) is 29.3 Å². The van der Waals surface area contributed by atoms with Crippen LogP contribution < -0.4 is 15.4 Å². The number of nitrogens with one attached hydrogen (secondary N) is 2. The van der Waals surface area contributed by atoms with Gasteiger partial charge in [-0.2, -0.15) is 4.98 Å². The highest BCUT2D eigenvalue weighted by Crippen LogP contribution is 2.26. The third-order valence-corrected chi connectivity index (χ3v) is 3.91. The molecule has 3 aromatic rings. The zero-order chi connectivity index (χ0) is 16.9. The van der Waals surface area contributed by atoms with E-state index in [1.807, 2.05) is 24.3 Å². The Kier molecular flexibility index (Phi) is 5.03. The highest BCUT2D eigenvalue weighted by Gasteiger charge is 2.04. The van der Waals surface area contributed by atoms with Gasteiger partial charge in [0.05, 0.1) is 17.2 Å². The van der Waals surface area contributed by atoms with Crippen molar-refractivity contribution in [1.82, 2.24) is 9.97 Å². The molecular formula is C17H14Cl2N4O. The minimum absolute atomic E-state index is 0.446. The van der Waals surface area contributed by atoms with Crippen molar-refractivity contribution in [1.29, 1.82) is 0 Å². The van der Waals surface area contributed by atoms with Crippen LogP contribution in [-0.4, -0.2) is 17.1 Å². The van der Waals surface area contributed by atoms with Gasteiger partial charge in [-0.05, 0) is 36.4 Å². The van der Waals surface area contributed by atoms with Crippen molar-refractivity contribution in [2.24, 2.45) is 0 Å². The third-order valence-electron chi connectivity index (χ3n) is 3.17. The van der Waals surface area contributed by atoms with Gasteiger partial charge in [-0.25, -0.2) is 4.98 Å². The Hall–Kier alpha value is -2.50. The molecule has 0 radical (unpaired) electrons. The molecule has 0 spiro atoms. The highest BCUT2D eigenvalue weighted by atomic mass is 35.5. The molecule has 24 heavy (non-hydrogen) atoms. The molecule has 0 bridgehead atoms. The normalized spacial score (nSPS) is 10.3. The van der Waals surface area contributed by atoms with Crippen LogP contribution in [0.2, 0.25) is 10.0 Å². The summed E-state index contributed by atoms with van der Waals surface area (Å²) in [6.07, 6.45) is 1.66. The Bertz CT molecular complexity index is 857. The van der Waals surface area contributed by atoms with Crippen molar-refractivity contribution in [2.75, 3.05) is 17.7 Å². The minimum atomic E-state index is 0.446. The lowest BCUT2D eigenvalue weighted by Crippen LogP contribution is -2.00. The molecule has 0 aliphatic heterocycles. The van der Waals surface area contributed by atoms with Gasteiger partial charge in [0.15, 0.2) is 0 Å². The molecule has 0 saturated carbocycles. The minimum Gasteiger partial charge on any atom is -0.497 e. The van der Waals surface area contributed by atoms with Crippen LogP contribution in [0.3, 0.4) is 0 Å². The van der Waals surface area contributed by atoms with E-state index in [4.69, 9.17) is 27.9 Å². The SMILES string of the molecule is COc1cccc(Nc2ccnc(Nc3ccc(Cl)c(Cl)c3)n2)c1. The number of hydrogen-bond acceptors (Lipinski definition) is 5. The van der Waals surface area contributed by atoms with E-state index in [1.54, 1.807) is 37.6 Å². The second kappa shape index (κ2) is 7.38. The standard InChI is InChI=1S/C17H14Cl2N4O/c1-24-13-4-2-3-11(9-13)21-16-7-8-20-17(23-16)22-12-5-6-14(18)15(19)10-12/h2-10H,1H3,(H2,20,21,22,23). The smallest absolute Gasteiger partial charge is 0.229 e. The lowest BCUT2D eigenvalue weighted by molar-refractivity contribution is 0.415. The molecule has 122 valence electrons. The summed E-state index contributed by atoms with van der Waals surface area (Å²) in [5, 5.41) is 7.26. The van der Waals surface area contributed by atoms with Crippen LogP contribution in [0, 0.1) is 0 Å². The van der Waals surface area contributed by atoms with Gasteiger partial charge in [0.25, 0.3) is 0 Å². The molecule has 7 heteroatoms. The summed E-state index contributed by atoms with van der Waals surface area (Å²) in [4.78, 5) is 8.62. The number of ether oxygens (including phenoxy) is 1. The Morgan fingerprint density at radius 3 is 2.54 bits per heavy atom. The zero-order valence-electron chi connectivity index (χ0n) is 12.8. The first-order chi connectivity index (χ1) is 11.6. The number of benzene rings is 2. The van der Waals surface area contributed by atoms with E-state index in [0.717, 1.165) is 17.1 Å². The lowest BCUT2D eigenvalue weighted by Gasteiger charge is -2.09. The highest BCUT2D eigenvalue weighted by molar-refractivity contribution is 6.42. The fourth-order valence-electron chi connectivity index (χ4n) is 2.04. The van der Waals surface area contributed by atoms with Crippen molar-refractivity contribution in [3.05, 3.63) is 64.8 Å². The number of halogens is 2. The van der Waals surface area contributed by atoms with Crippen molar-refractivity contribution < 1.29 is 4.74 Å². The Labute approximate surface area is 149 Å². The number of methoxy groups -OCH3 is 1. The first-order valence-corrected chi connectivity index (χ1v) is 7.86. The average Bonchev–Trinajstić information content (AvgIpc) is 2.59. The molecular weight excluding hydrogens is 347 g/mol. The van der Waals surface area contributed by atoms with Crippen molar-refractivity contribution in [3.8, 4) is 5.75 Å². The van der Waals surface area contributed by atoms with Gasteiger partial charge >= 0.3 is 0 Å². The number of anilines is 4. The van der Waals surface area contributed by atoms with E-state index in [2.05, 4.69) is 20.6 Å². The summed E-state index contributed by atoms with van der Waals surface area (Å²) in [6, 6.07) is 14.6. The second-order valence-corrected chi connectivity index (χ2v) is 5.69. The van der Waals surface area contributed by atoms with Crippen LogP contribution in [0.15, 0.2) is 54.7 Å². The van der Waals surface area contributed by atoms with Gasteiger partial charge in [0, 0.05) is 23.6 Å². The van der Waals surface area contributed by atoms with Gasteiger partial charge in [-0.15, -0.1) is 0 Å². The molecule has 1 aromatic heterocycles. The number of hydrogen-bond donors (Lipinski definition) is 2. The monoisotopic (exact) mass is 360 g/mol. The summed E-state index contributed by atoms with van der Waals surface area (Å²) >= 11 is 11.9.